The summed E-state index contributed by atoms with van der Waals surface area (Å²) in [6.45, 7) is 1.30. The highest BCUT2D eigenvalue weighted by Crippen LogP contribution is 2.31. The van der Waals surface area contributed by atoms with Gasteiger partial charge in [-0.15, -0.1) is 0 Å². The summed E-state index contributed by atoms with van der Waals surface area (Å²) in [6, 6.07) is 11.6. The van der Waals surface area contributed by atoms with Gasteiger partial charge in [0, 0.05) is 25.7 Å². The Morgan fingerprint density at radius 2 is 1.81 bits per heavy atom. The lowest BCUT2D eigenvalue weighted by Crippen LogP contribution is -2.28. The van der Waals surface area contributed by atoms with Crippen LogP contribution in [0.1, 0.15) is 24.4 Å². The molecule has 2 aromatic rings. The van der Waals surface area contributed by atoms with Crippen molar-refractivity contribution in [3.8, 4) is 5.75 Å². The number of methoxy groups -OCH3 is 1. The zero-order valence-corrected chi connectivity index (χ0v) is 18.8. The molecule has 1 fully saturated rings. The van der Waals surface area contributed by atoms with Crippen molar-refractivity contribution in [2.75, 3.05) is 46.2 Å². The second-order valence-corrected chi connectivity index (χ2v) is 9.62. The van der Waals surface area contributed by atoms with E-state index in [1.165, 1.54) is 16.4 Å². The number of ether oxygens (including phenoxy) is 1. The molecule has 0 aromatic heterocycles. The highest BCUT2D eigenvalue weighted by Gasteiger charge is 2.29. The third kappa shape index (κ3) is 5.15. The summed E-state index contributed by atoms with van der Waals surface area (Å²) < 4.78 is 32.1. The van der Waals surface area contributed by atoms with E-state index < -0.39 is 14.9 Å². The quantitative estimate of drug-likeness (QED) is 0.464. The molecule has 168 valence electrons. The Hall–Kier alpha value is -2.69. The number of likely N-dealkylation sites (N-methyl/N-ethyl adjacent to an activating group) is 1. The summed E-state index contributed by atoms with van der Waals surface area (Å²) in [4.78, 5) is 13.1. The van der Waals surface area contributed by atoms with E-state index in [0.717, 1.165) is 30.2 Å². The van der Waals surface area contributed by atoms with Gasteiger partial charge in [-0.2, -0.15) is 4.31 Å². The number of sulfonamides is 1. The molecule has 2 aromatic carbocycles. The minimum atomic E-state index is -3.72. The van der Waals surface area contributed by atoms with E-state index in [1.807, 2.05) is 43.3 Å². The Labute approximate surface area is 182 Å². The van der Waals surface area contributed by atoms with Gasteiger partial charge in [0.2, 0.25) is 10.0 Å². The lowest BCUT2D eigenvalue weighted by atomic mass is 10.1. The molecule has 10 heteroatoms. The highest BCUT2D eigenvalue weighted by atomic mass is 32.2. The van der Waals surface area contributed by atoms with E-state index in [0.29, 0.717) is 19.6 Å². The topological polar surface area (TPSA) is 105 Å². The second kappa shape index (κ2) is 9.63. The first-order valence-corrected chi connectivity index (χ1v) is 11.5. The molecule has 31 heavy (non-hydrogen) atoms. The summed E-state index contributed by atoms with van der Waals surface area (Å²) in [7, 11) is 1.73. The molecule has 1 aliphatic heterocycles. The van der Waals surface area contributed by atoms with Gasteiger partial charge in [-0.1, -0.05) is 12.1 Å². The highest BCUT2D eigenvalue weighted by molar-refractivity contribution is 7.89. The average molecular weight is 449 g/mol. The van der Waals surface area contributed by atoms with Gasteiger partial charge < -0.3 is 15.0 Å². The standard InChI is InChI=1S/C21H28N4O5S/c1-23(2)21(16-6-8-17(30-3)9-7-16)15-22-19-11-10-18(14-20(19)25(26)27)31(28,29)24-12-4-5-13-24/h6-11,14,21-22H,4-5,12-13,15H2,1-3H3. The summed E-state index contributed by atoms with van der Waals surface area (Å²) in [6.07, 6.45) is 1.61. The van der Waals surface area contributed by atoms with Gasteiger partial charge >= 0.3 is 0 Å². The lowest BCUT2D eigenvalue weighted by molar-refractivity contribution is -0.384. The van der Waals surface area contributed by atoms with Crippen LogP contribution >= 0.6 is 0 Å². The first-order valence-electron chi connectivity index (χ1n) is 10.1. The van der Waals surface area contributed by atoms with Crippen molar-refractivity contribution in [3.63, 3.8) is 0 Å². The molecular weight excluding hydrogens is 420 g/mol. The Morgan fingerprint density at radius 1 is 1.16 bits per heavy atom. The summed E-state index contributed by atoms with van der Waals surface area (Å²) in [5.41, 5.74) is 1.05. The van der Waals surface area contributed by atoms with Crippen LogP contribution in [0.25, 0.3) is 0 Å². The third-order valence-corrected chi connectivity index (χ3v) is 7.37. The third-order valence-electron chi connectivity index (χ3n) is 5.48. The van der Waals surface area contributed by atoms with Crippen molar-refractivity contribution in [2.24, 2.45) is 0 Å². The van der Waals surface area contributed by atoms with Crippen LogP contribution in [0.3, 0.4) is 0 Å². The molecule has 1 N–H and O–H groups in total. The Balaban J connectivity index is 1.83. The van der Waals surface area contributed by atoms with Gasteiger partial charge in [0.15, 0.2) is 0 Å². The minimum Gasteiger partial charge on any atom is -0.497 e. The van der Waals surface area contributed by atoms with E-state index in [-0.39, 0.29) is 22.3 Å². The second-order valence-electron chi connectivity index (χ2n) is 7.68. The predicted octanol–water partition coefficient (Wildman–Crippen LogP) is 3.10. The lowest BCUT2D eigenvalue weighted by Gasteiger charge is -2.25. The van der Waals surface area contributed by atoms with Crippen molar-refractivity contribution in [2.45, 2.75) is 23.8 Å². The average Bonchev–Trinajstić information content (AvgIpc) is 3.30. The molecule has 1 aliphatic rings. The largest absolute Gasteiger partial charge is 0.497 e. The van der Waals surface area contributed by atoms with Crippen molar-refractivity contribution >= 4 is 21.4 Å². The van der Waals surface area contributed by atoms with E-state index in [9.17, 15) is 18.5 Å². The van der Waals surface area contributed by atoms with Gasteiger partial charge in [0.05, 0.1) is 23.0 Å². The van der Waals surface area contributed by atoms with Crippen LogP contribution in [0.2, 0.25) is 0 Å². The number of rotatable bonds is 9. The van der Waals surface area contributed by atoms with Crippen LogP contribution < -0.4 is 10.1 Å². The van der Waals surface area contributed by atoms with Crippen LogP contribution in [-0.4, -0.2) is 63.4 Å². The molecule has 0 spiro atoms. The van der Waals surface area contributed by atoms with E-state index in [4.69, 9.17) is 4.74 Å². The van der Waals surface area contributed by atoms with Crippen molar-refractivity contribution < 1.29 is 18.1 Å². The van der Waals surface area contributed by atoms with Crippen LogP contribution in [0, 0.1) is 10.1 Å². The molecule has 0 radical (unpaired) electrons. The van der Waals surface area contributed by atoms with Crippen molar-refractivity contribution in [1.29, 1.82) is 0 Å². The van der Waals surface area contributed by atoms with E-state index in [2.05, 4.69) is 5.32 Å². The SMILES string of the molecule is COc1ccc(C(CNc2ccc(S(=O)(=O)N3CCCC3)cc2[N+](=O)[O-])N(C)C)cc1. The Kier molecular flexibility index (Phi) is 7.14. The molecule has 0 bridgehead atoms. The molecule has 1 heterocycles. The maximum Gasteiger partial charge on any atom is 0.293 e. The fourth-order valence-corrected chi connectivity index (χ4v) is 5.22. The monoisotopic (exact) mass is 448 g/mol. The fourth-order valence-electron chi connectivity index (χ4n) is 3.68. The van der Waals surface area contributed by atoms with Gasteiger partial charge in [0.25, 0.3) is 5.69 Å². The molecule has 1 saturated heterocycles. The fraction of sp³-hybridized carbons (Fsp3) is 0.429. The molecule has 0 amide bonds. The molecular formula is C21H28N4O5S. The number of nitro groups is 1. The van der Waals surface area contributed by atoms with Gasteiger partial charge in [0.1, 0.15) is 11.4 Å². The van der Waals surface area contributed by atoms with Gasteiger partial charge in [-0.05, 0) is 56.8 Å². The molecule has 3 rings (SSSR count). The molecule has 0 aliphatic carbocycles. The van der Waals surface area contributed by atoms with Crippen molar-refractivity contribution in [1.82, 2.24) is 9.21 Å². The number of hydrogen-bond donors (Lipinski definition) is 1. The number of nitro benzene ring substituents is 1. The number of nitrogens with zero attached hydrogens (tertiary/aromatic N) is 3. The molecule has 9 nitrogen and oxygen atoms in total. The maximum absolute atomic E-state index is 12.8. The number of anilines is 1. The van der Waals surface area contributed by atoms with Gasteiger partial charge in [-0.25, -0.2) is 8.42 Å². The first-order chi connectivity index (χ1) is 14.7. The predicted molar refractivity (Wildman–Crippen MR) is 119 cm³/mol. The zero-order valence-electron chi connectivity index (χ0n) is 17.9. The van der Waals surface area contributed by atoms with Crippen LogP contribution in [-0.2, 0) is 10.0 Å². The van der Waals surface area contributed by atoms with Crippen LogP contribution in [0.5, 0.6) is 5.75 Å². The molecule has 1 unspecified atom stereocenters. The Bertz CT molecular complexity index is 1020. The zero-order chi connectivity index (χ0) is 22.6. The number of benzene rings is 2. The van der Waals surface area contributed by atoms with Crippen LogP contribution in [0.4, 0.5) is 11.4 Å². The minimum absolute atomic E-state index is 0.0500. The number of nitrogens with one attached hydrogen (secondary N) is 1. The summed E-state index contributed by atoms with van der Waals surface area (Å²) in [5.74, 6) is 0.750. The van der Waals surface area contributed by atoms with E-state index in [1.54, 1.807) is 7.11 Å². The first kappa shape index (κ1) is 23.0. The van der Waals surface area contributed by atoms with Crippen molar-refractivity contribution in [3.05, 3.63) is 58.1 Å². The van der Waals surface area contributed by atoms with Crippen LogP contribution in [0.15, 0.2) is 47.4 Å². The van der Waals surface area contributed by atoms with Gasteiger partial charge in [-0.3, -0.25) is 10.1 Å². The summed E-state index contributed by atoms with van der Waals surface area (Å²) in [5, 5.41) is 14.8. The normalized spacial score (nSPS) is 15.7. The molecule has 0 saturated carbocycles. The Morgan fingerprint density at radius 3 is 2.35 bits per heavy atom. The maximum atomic E-state index is 12.8. The van der Waals surface area contributed by atoms with E-state index >= 15 is 0 Å². The summed E-state index contributed by atoms with van der Waals surface area (Å²) >= 11 is 0. The molecule has 1 atom stereocenters. The smallest absolute Gasteiger partial charge is 0.293 e. The number of hydrogen-bond acceptors (Lipinski definition) is 7.